The van der Waals surface area contributed by atoms with Gasteiger partial charge in [0.2, 0.25) is 0 Å². The van der Waals surface area contributed by atoms with E-state index in [2.05, 4.69) is 38.1 Å². The van der Waals surface area contributed by atoms with Crippen molar-refractivity contribution in [1.82, 2.24) is 9.97 Å². The molecule has 0 fully saturated rings. The number of fused-ring (bicyclic) bond motifs is 1. The molecule has 3 rings (SSSR count). The van der Waals surface area contributed by atoms with E-state index < -0.39 is 0 Å². The minimum absolute atomic E-state index is 0.790. The standard InChI is InChI=1S/C13H12N4S/c1-14-12-6-13(16-8-15-12)17-10-7-18-11-5-3-2-4-9(10)11/h2-8H,1H3,(H2,14,15,16,17). The average molecular weight is 256 g/mol. The predicted octanol–water partition coefficient (Wildman–Crippen LogP) is 3.48. The molecule has 0 radical (unpaired) electrons. The minimum Gasteiger partial charge on any atom is -0.373 e. The van der Waals surface area contributed by atoms with Crippen molar-refractivity contribution in [3.8, 4) is 0 Å². The Morgan fingerprint density at radius 2 is 1.94 bits per heavy atom. The van der Waals surface area contributed by atoms with Crippen molar-refractivity contribution < 1.29 is 0 Å². The first-order chi connectivity index (χ1) is 8.86. The Morgan fingerprint density at radius 1 is 1.11 bits per heavy atom. The van der Waals surface area contributed by atoms with Crippen molar-refractivity contribution in [3.63, 3.8) is 0 Å². The number of aromatic nitrogens is 2. The fraction of sp³-hybridized carbons (Fsp3) is 0.0769. The Labute approximate surface area is 109 Å². The molecular weight excluding hydrogens is 244 g/mol. The number of nitrogens with zero attached hydrogens (tertiary/aromatic N) is 2. The van der Waals surface area contributed by atoms with Gasteiger partial charge in [-0.3, -0.25) is 0 Å². The van der Waals surface area contributed by atoms with E-state index >= 15 is 0 Å². The van der Waals surface area contributed by atoms with E-state index in [1.807, 2.05) is 25.2 Å². The number of rotatable bonds is 3. The van der Waals surface area contributed by atoms with E-state index in [9.17, 15) is 0 Å². The molecule has 0 aliphatic carbocycles. The van der Waals surface area contributed by atoms with Crippen LogP contribution < -0.4 is 10.6 Å². The fourth-order valence-corrected chi connectivity index (χ4v) is 2.67. The number of thiophene rings is 1. The van der Waals surface area contributed by atoms with Gasteiger partial charge in [-0.25, -0.2) is 9.97 Å². The largest absolute Gasteiger partial charge is 0.373 e. The summed E-state index contributed by atoms with van der Waals surface area (Å²) >= 11 is 1.72. The van der Waals surface area contributed by atoms with E-state index in [0.29, 0.717) is 0 Å². The highest BCUT2D eigenvalue weighted by Crippen LogP contribution is 2.31. The van der Waals surface area contributed by atoms with Gasteiger partial charge in [0.05, 0.1) is 5.69 Å². The van der Waals surface area contributed by atoms with Crippen molar-refractivity contribution in [2.45, 2.75) is 0 Å². The van der Waals surface area contributed by atoms with Gasteiger partial charge in [0, 0.05) is 28.6 Å². The number of hydrogen-bond donors (Lipinski definition) is 2. The van der Waals surface area contributed by atoms with Crippen molar-refractivity contribution in [2.24, 2.45) is 0 Å². The average Bonchev–Trinajstić information content (AvgIpc) is 2.83. The molecule has 90 valence electrons. The maximum atomic E-state index is 4.21. The summed E-state index contributed by atoms with van der Waals surface area (Å²) in [7, 11) is 1.84. The van der Waals surface area contributed by atoms with Crippen LogP contribution in [0.4, 0.5) is 17.3 Å². The number of nitrogens with one attached hydrogen (secondary N) is 2. The molecule has 0 saturated heterocycles. The Morgan fingerprint density at radius 3 is 2.83 bits per heavy atom. The third kappa shape index (κ3) is 2.00. The summed E-state index contributed by atoms with van der Waals surface area (Å²) in [5.74, 6) is 1.59. The lowest BCUT2D eigenvalue weighted by molar-refractivity contribution is 1.16. The number of anilines is 3. The molecule has 0 unspecified atom stereocenters. The highest BCUT2D eigenvalue weighted by atomic mass is 32.1. The molecule has 2 aromatic heterocycles. The first-order valence-electron chi connectivity index (χ1n) is 5.60. The van der Waals surface area contributed by atoms with E-state index in [4.69, 9.17) is 0 Å². The first kappa shape index (κ1) is 11.0. The molecular formula is C13H12N4S. The molecule has 0 atom stereocenters. The second-order valence-corrected chi connectivity index (χ2v) is 4.72. The normalized spacial score (nSPS) is 10.5. The summed E-state index contributed by atoms with van der Waals surface area (Å²) in [6.45, 7) is 0. The molecule has 18 heavy (non-hydrogen) atoms. The quantitative estimate of drug-likeness (QED) is 0.753. The molecule has 0 bridgehead atoms. The molecule has 5 heteroatoms. The zero-order valence-electron chi connectivity index (χ0n) is 9.84. The van der Waals surface area contributed by atoms with Gasteiger partial charge in [-0.05, 0) is 6.07 Å². The van der Waals surface area contributed by atoms with Crippen molar-refractivity contribution in [2.75, 3.05) is 17.7 Å². The maximum absolute atomic E-state index is 4.21. The van der Waals surface area contributed by atoms with Crippen LogP contribution in [0.15, 0.2) is 42.0 Å². The van der Waals surface area contributed by atoms with E-state index in [0.717, 1.165) is 17.3 Å². The molecule has 3 aromatic rings. The summed E-state index contributed by atoms with van der Waals surface area (Å²) in [6.07, 6.45) is 1.54. The number of benzene rings is 1. The van der Waals surface area contributed by atoms with Crippen molar-refractivity contribution in [3.05, 3.63) is 42.0 Å². The monoisotopic (exact) mass is 256 g/mol. The maximum Gasteiger partial charge on any atom is 0.135 e. The summed E-state index contributed by atoms with van der Waals surface area (Å²) < 4.78 is 1.27. The fourth-order valence-electron chi connectivity index (χ4n) is 1.77. The van der Waals surface area contributed by atoms with Gasteiger partial charge in [0.15, 0.2) is 0 Å². The lowest BCUT2D eigenvalue weighted by atomic mass is 10.2. The molecule has 0 spiro atoms. The summed E-state index contributed by atoms with van der Waals surface area (Å²) in [6, 6.07) is 10.2. The third-order valence-corrected chi connectivity index (χ3v) is 3.63. The summed E-state index contributed by atoms with van der Waals surface area (Å²) in [5.41, 5.74) is 1.08. The summed E-state index contributed by atoms with van der Waals surface area (Å²) in [5, 5.41) is 9.63. The van der Waals surface area contributed by atoms with Crippen LogP contribution in [0.2, 0.25) is 0 Å². The van der Waals surface area contributed by atoms with Crippen LogP contribution in [-0.4, -0.2) is 17.0 Å². The predicted molar refractivity (Wildman–Crippen MR) is 76.7 cm³/mol. The molecule has 2 heterocycles. The van der Waals surface area contributed by atoms with Gasteiger partial charge in [-0.2, -0.15) is 0 Å². The van der Waals surface area contributed by atoms with Crippen LogP contribution in [0.25, 0.3) is 10.1 Å². The van der Waals surface area contributed by atoms with Gasteiger partial charge in [-0.15, -0.1) is 11.3 Å². The minimum atomic E-state index is 0.790. The highest BCUT2D eigenvalue weighted by Gasteiger charge is 2.04. The third-order valence-electron chi connectivity index (χ3n) is 2.67. The molecule has 0 saturated carbocycles. The van der Waals surface area contributed by atoms with Gasteiger partial charge >= 0.3 is 0 Å². The molecule has 0 aliphatic rings. The van der Waals surface area contributed by atoms with Crippen molar-refractivity contribution in [1.29, 1.82) is 0 Å². The Balaban J connectivity index is 1.96. The Kier molecular flexibility index (Phi) is 2.82. The molecule has 0 aliphatic heterocycles. The van der Waals surface area contributed by atoms with Crippen LogP contribution in [0.1, 0.15) is 0 Å². The smallest absolute Gasteiger partial charge is 0.135 e. The lowest BCUT2D eigenvalue weighted by Crippen LogP contribution is -1.97. The van der Waals surface area contributed by atoms with Crippen LogP contribution in [0, 0.1) is 0 Å². The molecule has 4 nitrogen and oxygen atoms in total. The zero-order valence-corrected chi connectivity index (χ0v) is 10.7. The van der Waals surface area contributed by atoms with Crippen molar-refractivity contribution >= 4 is 38.7 Å². The van der Waals surface area contributed by atoms with Crippen LogP contribution >= 0.6 is 11.3 Å². The van der Waals surface area contributed by atoms with Gasteiger partial charge in [-0.1, -0.05) is 18.2 Å². The lowest BCUT2D eigenvalue weighted by Gasteiger charge is -2.05. The Bertz CT molecular complexity index is 677. The van der Waals surface area contributed by atoms with Crippen LogP contribution in [0.3, 0.4) is 0 Å². The first-order valence-corrected chi connectivity index (χ1v) is 6.48. The highest BCUT2D eigenvalue weighted by molar-refractivity contribution is 7.17. The molecule has 0 amide bonds. The van der Waals surface area contributed by atoms with E-state index in [1.165, 1.54) is 10.1 Å². The van der Waals surface area contributed by atoms with Gasteiger partial charge in [0.1, 0.15) is 18.0 Å². The van der Waals surface area contributed by atoms with Crippen LogP contribution in [0.5, 0.6) is 0 Å². The second kappa shape index (κ2) is 4.62. The molecule has 1 aromatic carbocycles. The SMILES string of the molecule is CNc1cc(Nc2csc3ccccc23)ncn1. The molecule has 2 N–H and O–H groups in total. The van der Waals surface area contributed by atoms with E-state index in [-0.39, 0.29) is 0 Å². The van der Waals surface area contributed by atoms with Crippen LogP contribution in [-0.2, 0) is 0 Å². The van der Waals surface area contributed by atoms with E-state index in [1.54, 1.807) is 17.7 Å². The zero-order chi connectivity index (χ0) is 12.4. The van der Waals surface area contributed by atoms with Gasteiger partial charge in [0.25, 0.3) is 0 Å². The summed E-state index contributed by atoms with van der Waals surface area (Å²) in [4.78, 5) is 8.30. The second-order valence-electron chi connectivity index (χ2n) is 3.81. The van der Waals surface area contributed by atoms with Gasteiger partial charge < -0.3 is 10.6 Å². The Hall–Kier alpha value is -2.14. The number of hydrogen-bond acceptors (Lipinski definition) is 5. The topological polar surface area (TPSA) is 49.8 Å².